The molecule has 2 rings (SSSR count). The molecule has 0 radical (unpaired) electrons. The summed E-state index contributed by atoms with van der Waals surface area (Å²) in [4.78, 5) is 2.90. The quantitative estimate of drug-likeness (QED) is 0.861. The first-order valence-electron chi connectivity index (χ1n) is 4.74. The van der Waals surface area contributed by atoms with Crippen molar-refractivity contribution >= 4 is 27.3 Å². The molecule has 1 atom stereocenters. The zero-order valence-electron chi connectivity index (χ0n) is 7.77. The van der Waals surface area contributed by atoms with Crippen LogP contribution in [0.2, 0.25) is 0 Å². The van der Waals surface area contributed by atoms with Crippen LogP contribution in [0.25, 0.3) is 0 Å². The maximum atomic E-state index is 3.61. The van der Waals surface area contributed by atoms with Crippen molar-refractivity contribution in [2.24, 2.45) is 0 Å². The molecule has 0 amide bonds. The average molecular weight is 260 g/mol. The third kappa shape index (κ3) is 2.33. The zero-order chi connectivity index (χ0) is 9.26. The number of nitrogens with one attached hydrogen (secondary N) is 1. The summed E-state index contributed by atoms with van der Waals surface area (Å²) in [5.74, 6) is 0. The molecule has 3 heteroatoms. The molecule has 0 spiro atoms. The SMILES string of the molecule is Cc1cc(Br)c(CC2CCCN2)s1. The second-order valence-corrected chi connectivity index (χ2v) is 5.82. The van der Waals surface area contributed by atoms with Gasteiger partial charge in [-0.15, -0.1) is 11.3 Å². The fraction of sp³-hybridized carbons (Fsp3) is 0.600. The lowest BCUT2D eigenvalue weighted by molar-refractivity contribution is 0.607. The first kappa shape index (κ1) is 9.69. The highest BCUT2D eigenvalue weighted by Crippen LogP contribution is 2.29. The maximum absolute atomic E-state index is 3.61. The molecule has 0 saturated carbocycles. The van der Waals surface area contributed by atoms with E-state index in [1.165, 1.54) is 40.0 Å². The lowest BCUT2D eigenvalue weighted by Crippen LogP contribution is -2.23. The largest absolute Gasteiger partial charge is 0.314 e. The van der Waals surface area contributed by atoms with Gasteiger partial charge in [-0.2, -0.15) is 0 Å². The molecule has 1 saturated heterocycles. The van der Waals surface area contributed by atoms with Gasteiger partial charge in [0.25, 0.3) is 0 Å². The van der Waals surface area contributed by atoms with E-state index < -0.39 is 0 Å². The summed E-state index contributed by atoms with van der Waals surface area (Å²) in [6, 6.07) is 2.93. The van der Waals surface area contributed by atoms with Gasteiger partial charge < -0.3 is 5.32 Å². The number of aryl methyl sites for hydroxylation is 1. The first-order chi connectivity index (χ1) is 6.25. The summed E-state index contributed by atoms with van der Waals surface area (Å²) in [5.41, 5.74) is 0. The van der Waals surface area contributed by atoms with Crippen LogP contribution in [0.4, 0.5) is 0 Å². The number of hydrogen-bond acceptors (Lipinski definition) is 2. The summed E-state index contributed by atoms with van der Waals surface area (Å²) in [5, 5.41) is 3.53. The van der Waals surface area contributed by atoms with E-state index in [9.17, 15) is 0 Å². The van der Waals surface area contributed by atoms with Crippen molar-refractivity contribution in [3.05, 3.63) is 20.3 Å². The number of rotatable bonds is 2. The number of thiophene rings is 1. The highest BCUT2D eigenvalue weighted by atomic mass is 79.9. The Hall–Kier alpha value is 0.140. The second-order valence-electron chi connectivity index (χ2n) is 3.63. The molecule has 1 nitrogen and oxygen atoms in total. The van der Waals surface area contributed by atoms with E-state index in [-0.39, 0.29) is 0 Å². The fourth-order valence-corrected chi connectivity index (χ4v) is 3.73. The van der Waals surface area contributed by atoms with Crippen LogP contribution >= 0.6 is 27.3 Å². The third-order valence-electron chi connectivity index (χ3n) is 2.47. The molecule has 13 heavy (non-hydrogen) atoms. The Morgan fingerprint density at radius 3 is 3.08 bits per heavy atom. The van der Waals surface area contributed by atoms with Gasteiger partial charge in [-0.05, 0) is 54.7 Å². The normalized spacial score (nSPS) is 22.5. The summed E-state index contributed by atoms with van der Waals surface area (Å²) < 4.78 is 1.30. The molecular weight excluding hydrogens is 246 g/mol. The van der Waals surface area contributed by atoms with Crippen molar-refractivity contribution < 1.29 is 0 Å². The van der Waals surface area contributed by atoms with Gasteiger partial charge in [0.05, 0.1) is 0 Å². The summed E-state index contributed by atoms with van der Waals surface area (Å²) in [6.07, 6.45) is 3.87. The number of hydrogen-bond donors (Lipinski definition) is 1. The molecule has 1 unspecified atom stereocenters. The molecule has 1 fully saturated rings. The molecule has 0 aromatic carbocycles. The van der Waals surface area contributed by atoms with E-state index in [1.807, 2.05) is 11.3 Å². The highest BCUT2D eigenvalue weighted by Gasteiger charge is 2.16. The Bertz CT molecular complexity index is 289. The van der Waals surface area contributed by atoms with Crippen molar-refractivity contribution in [2.75, 3.05) is 6.54 Å². The molecule has 72 valence electrons. The van der Waals surface area contributed by atoms with Gasteiger partial charge in [-0.1, -0.05) is 0 Å². The monoisotopic (exact) mass is 259 g/mol. The van der Waals surface area contributed by atoms with Gasteiger partial charge in [-0.25, -0.2) is 0 Å². The highest BCUT2D eigenvalue weighted by molar-refractivity contribution is 9.10. The molecule has 1 aliphatic rings. The van der Waals surface area contributed by atoms with Gasteiger partial charge in [-0.3, -0.25) is 0 Å². The minimum atomic E-state index is 0.717. The minimum absolute atomic E-state index is 0.717. The third-order valence-corrected chi connectivity index (χ3v) is 4.52. The Labute approximate surface area is 91.7 Å². The predicted molar refractivity (Wildman–Crippen MR) is 61.5 cm³/mol. The zero-order valence-corrected chi connectivity index (χ0v) is 10.2. The van der Waals surface area contributed by atoms with E-state index in [1.54, 1.807) is 0 Å². The Morgan fingerprint density at radius 2 is 2.54 bits per heavy atom. The Balaban J connectivity index is 2.03. The predicted octanol–water partition coefficient (Wildman–Crippen LogP) is 3.11. The first-order valence-corrected chi connectivity index (χ1v) is 6.35. The molecular formula is C10H14BrNS. The molecule has 0 aliphatic carbocycles. The van der Waals surface area contributed by atoms with Crippen LogP contribution in [-0.2, 0) is 6.42 Å². The van der Waals surface area contributed by atoms with E-state index in [0.29, 0.717) is 6.04 Å². The van der Waals surface area contributed by atoms with Gasteiger partial charge in [0, 0.05) is 20.3 Å². The van der Waals surface area contributed by atoms with Gasteiger partial charge in [0.2, 0.25) is 0 Å². The van der Waals surface area contributed by atoms with E-state index in [2.05, 4.69) is 34.2 Å². The smallest absolute Gasteiger partial charge is 0.0317 e. The van der Waals surface area contributed by atoms with E-state index in [0.717, 1.165) is 0 Å². The van der Waals surface area contributed by atoms with Crippen LogP contribution < -0.4 is 5.32 Å². The van der Waals surface area contributed by atoms with Crippen LogP contribution in [-0.4, -0.2) is 12.6 Å². The molecule has 1 N–H and O–H groups in total. The fourth-order valence-electron chi connectivity index (χ4n) is 1.83. The van der Waals surface area contributed by atoms with E-state index in [4.69, 9.17) is 0 Å². The molecule has 1 aromatic rings. The molecule has 2 heterocycles. The van der Waals surface area contributed by atoms with Crippen molar-refractivity contribution in [3.63, 3.8) is 0 Å². The molecule has 0 bridgehead atoms. The number of halogens is 1. The summed E-state index contributed by atoms with van der Waals surface area (Å²) in [7, 11) is 0. The van der Waals surface area contributed by atoms with Crippen molar-refractivity contribution in [2.45, 2.75) is 32.2 Å². The van der Waals surface area contributed by atoms with Crippen LogP contribution in [0.1, 0.15) is 22.6 Å². The topological polar surface area (TPSA) is 12.0 Å². The van der Waals surface area contributed by atoms with E-state index >= 15 is 0 Å². The lowest BCUT2D eigenvalue weighted by Gasteiger charge is -2.07. The minimum Gasteiger partial charge on any atom is -0.314 e. The van der Waals surface area contributed by atoms with Crippen molar-refractivity contribution in [1.29, 1.82) is 0 Å². The summed E-state index contributed by atoms with van der Waals surface area (Å²) in [6.45, 7) is 3.37. The second kappa shape index (κ2) is 4.11. The maximum Gasteiger partial charge on any atom is 0.0317 e. The molecule has 1 aliphatic heterocycles. The summed E-state index contributed by atoms with van der Waals surface area (Å²) >= 11 is 5.52. The van der Waals surface area contributed by atoms with Crippen LogP contribution in [0.5, 0.6) is 0 Å². The van der Waals surface area contributed by atoms with Crippen LogP contribution in [0.15, 0.2) is 10.5 Å². The van der Waals surface area contributed by atoms with Gasteiger partial charge in [0.15, 0.2) is 0 Å². The Kier molecular flexibility index (Phi) is 3.06. The lowest BCUT2D eigenvalue weighted by atomic mass is 10.1. The Morgan fingerprint density at radius 1 is 1.69 bits per heavy atom. The van der Waals surface area contributed by atoms with Crippen molar-refractivity contribution in [1.82, 2.24) is 5.32 Å². The van der Waals surface area contributed by atoms with Crippen molar-refractivity contribution in [3.8, 4) is 0 Å². The molecule has 1 aromatic heterocycles. The van der Waals surface area contributed by atoms with Crippen LogP contribution in [0.3, 0.4) is 0 Å². The van der Waals surface area contributed by atoms with Gasteiger partial charge in [0.1, 0.15) is 0 Å². The standard InChI is InChI=1S/C10H14BrNS/c1-7-5-9(11)10(13-7)6-8-3-2-4-12-8/h5,8,12H,2-4,6H2,1H3. The van der Waals surface area contributed by atoms with Gasteiger partial charge >= 0.3 is 0 Å². The average Bonchev–Trinajstić information content (AvgIpc) is 2.63. The van der Waals surface area contributed by atoms with Crippen LogP contribution in [0, 0.1) is 6.92 Å².